The maximum atomic E-state index is 10.7. The number of aryl methyl sites for hydroxylation is 2. The predicted molar refractivity (Wildman–Crippen MR) is 66.7 cm³/mol. The van der Waals surface area contributed by atoms with Gasteiger partial charge in [-0.1, -0.05) is 17.3 Å². The second-order valence-electron chi connectivity index (χ2n) is 4.05. The molecule has 0 spiro atoms. The van der Waals surface area contributed by atoms with Gasteiger partial charge in [0.15, 0.2) is 5.76 Å². The van der Waals surface area contributed by atoms with Crippen molar-refractivity contribution in [2.75, 3.05) is 5.32 Å². The van der Waals surface area contributed by atoms with Crippen LogP contribution >= 0.6 is 0 Å². The molecule has 0 aliphatic carbocycles. The molecule has 0 aliphatic heterocycles. The van der Waals surface area contributed by atoms with Crippen molar-refractivity contribution in [1.82, 2.24) is 5.16 Å². The molecule has 5 heteroatoms. The summed E-state index contributed by atoms with van der Waals surface area (Å²) in [5.74, 6) is -0.171. The zero-order valence-corrected chi connectivity index (χ0v) is 10.2. The molecular weight excluding hydrogens is 232 g/mol. The van der Waals surface area contributed by atoms with Crippen LogP contribution in [0.3, 0.4) is 0 Å². The van der Waals surface area contributed by atoms with Gasteiger partial charge in [0.05, 0.1) is 5.56 Å². The SMILES string of the molecule is Cc1noc(C)c1NCc1ccc(C(=O)O)cc1. The number of nitrogens with one attached hydrogen (secondary N) is 1. The van der Waals surface area contributed by atoms with E-state index >= 15 is 0 Å². The summed E-state index contributed by atoms with van der Waals surface area (Å²) in [7, 11) is 0. The Balaban J connectivity index is 2.04. The van der Waals surface area contributed by atoms with Crippen LogP contribution in [0, 0.1) is 13.8 Å². The molecule has 0 saturated carbocycles. The molecule has 0 atom stereocenters. The van der Waals surface area contributed by atoms with E-state index in [1.807, 2.05) is 13.8 Å². The average molecular weight is 246 g/mol. The smallest absolute Gasteiger partial charge is 0.335 e. The summed E-state index contributed by atoms with van der Waals surface area (Å²) < 4.78 is 5.04. The Kier molecular flexibility index (Phi) is 3.32. The van der Waals surface area contributed by atoms with Gasteiger partial charge in [-0.25, -0.2) is 4.79 Å². The number of carboxylic acids is 1. The van der Waals surface area contributed by atoms with Crippen molar-refractivity contribution in [2.24, 2.45) is 0 Å². The molecule has 0 radical (unpaired) electrons. The highest BCUT2D eigenvalue weighted by molar-refractivity contribution is 5.87. The van der Waals surface area contributed by atoms with Gasteiger partial charge in [-0.3, -0.25) is 0 Å². The Hall–Kier alpha value is -2.30. The van der Waals surface area contributed by atoms with Crippen molar-refractivity contribution >= 4 is 11.7 Å². The van der Waals surface area contributed by atoms with E-state index in [0.717, 1.165) is 22.7 Å². The third kappa shape index (κ3) is 2.51. The highest BCUT2D eigenvalue weighted by Gasteiger charge is 2.08. The van der Waals surface area contributed by atoms with E-state index in [-0.39, 0.29) is 5.56 Å². The van der Waals surface area contributed by atoms with Crippen molar-refractivity contribution in [3.63, 3.8) is 0 Å². The van der Waals surface area contributed by atoms with Crippen molar-refractivity contribution in [3.8, 4) is 0 Å². The molecule has 0 fully saturated rings. The lowest BCUT2D eigenvalue weighted by Crippen LogP contribution is -2.02. The Bertz CT molecular complexity index is 539. The van der Waals surface area contributed by atoms with E-state index in [1.54, 1.807) is 24.3 Å². The van der Waals surface area contributed by atoms with E-state index < -0.39 is 5.97 Å². The highest BCUT2D eigenvalue weighted by Crippen LogP contribution is 2.19. The second kappa shape index (κ2) is 4.91. The summed E-state index contributed by atoms with van der Waals surface area (Å²) in [5.41, 5.74) is 2.99. The zero-order valence-electron chi connectivity index (χ0n) is 10.2. The first kappa shape index (κ1) is 12.2. The fraction of sp³-hybridized carbons (Fsp3) is 0.231. The molecule has 0 amide bonds. The number of carboxylic acid groups (broad SMARTS) is 1. The minimum Gasteiger partial charge on any atom is -0.478 e. The highest BCUT2D eigenvalue weighted by atomic mass is 16.5. The first-order valence-corrected chi connectivity index (χ1v) is 5.57. The molecule has 1 aromatic carbocycles. The third-order valence-corrected chi connectivity index (χ3v) is 2.70. The summed E-state index contributed by atoms with van der Waals surface area (Å²) in [6, 6.07) is 6.75. The molecule has 2 rings (SSSR count). The molecule has 0 bridgehead atoms. The molecule has 5 nitrogen and oxygen atoms in total. The summed E-state index contributed by atoms with van der Waals surface area (Å²) >= 11 is 0. The maximum absolute atomic E-state index is 10.7. The van der Waals surface area contributed by atoms with Crippen LogP contribution in [0.15, 0.2) is 28.8 Å². The summed E-state index contributed by atoms with van der Waals surface area (Å²) in [4.78, 5) is 10.7. The summed E-state index contributed by atoms with van der Waals surface area (Å²) in [6.07, 6.45) is 0. The molecule has 2 aromatic rings. The lowest BCUT2D eigenvalue weighted by molar-refractivity contribution is 0.0697. The molecule has 1 heterocycles. The van der Waals surface area contributed by atoms with Crippen molar-refractivity contribution < 1.29 is 14.4 Å². The predicted octanol–water partition coefficient (Wildman–Crippen LogP) is 2.60. The minimum atomic E-state index is -0.916. The Labute approximate surface area is 104 Å². The van der Waals surface area contributed by atoms with Crippen LogP contribution in [0.2, 0.25) is 0 Å². The summed E-state index contributed by atoms with van der Waals surface area (Å²) in [6.45, 7) is 4.31. The lowest BCUT2D eigenvalue weighted by atomic mass is 10.1. The largest absolute Gasteiger partial charge is 0.478 e. The molecule has 0 aliphatic rings. The third-order valence-electron chi connectivity index (χ3n) is 2.70. The quantitative estimate of drug-likeness (QED) is 0.867. The fourth-order valence-corrected chi connectivity index (χ4v) is 1.69. The van der Waals surface area contributed by atoms with Crippen molar-refractivity contribution in [3.05, 3.63) is 46.8 Å². The standard InChI is InChI=1S/C13H14N2O3/c1-8-12(9(2)18-15-8)14-7-10-3-5-11(6-4-10)13(16)17/h3-6,14H,7H2,1-2H3,(H,16,17). The maximum Gasteiger partial charge on any atom is 0.335 e. The van der Waals surface area contributed by atoms with E-state index in [0.29, 0.717) is 6.54 Å². The second-order valence-corrected chi connectivity index (χ2v) is 4.05. The Morgan fingerprint density at radius 2 is 2.00 bits per heavy atom. The van der Waals surface area contributed by atoms with Gasteiger partial charge in [-0.2, -0.15) is 0 Å². The van der Waals surface area contributed by atoms with E-state index in [9.17, 15) is 4.79 Å². The number of aromatic nitrogens is 1. The van der Waals surface area contributed by atoms with Gasteiger partial charge in [-0.05, 0) is 31.5 Å². The molecule has 1 aromatic heterocycles. The number of anilines is 1. The van der Waals surface area contributed by atoms with E-state index in [1.165, 1.54) is 0 Å². The normalized spacial score (nSPS) is 10.3. The lowest BCUT2D eigenvalue weighted by Gasteiger charge is -2.05. The van der Waals surface area contributed by atoms with Crippen LogP contribution in [0.5, 0.6) is 0 Å². The number of nitrogens with zero attached hydrogens (tertiary/aromatic N) is 1. The number of carbonyl (C=O) groups is 1. The number of hydrogen-bond donors (Lipinski definition) is 2. The van der Waals surface area contributed by atoms with Gasteiger partial charge in [0, 0.05) is 6.54 Å². The van der Waals surface area contributed by atoms with Crippen LogP contribution in [0.4, 0.5) is 5.69 Å². The number of aromatic carboxylic acids is 1. The van der Waals surface area contributed by atoms with Crippen LogP contribution in [-0.2, 0) is 6.54 Å². The molecule has 18 heavy (non-hydrogen) atoms. The fourth-order valence-electron chi connectivity index (χ4n) is 1.69. The zero-order chi connectivity index (χ0) is 13.1. The van der Waals surface area contributed by atoms with E-state index in [4.69, 9.17) is 9.63 Å². The molecular formula is C13H14N2O3. The van der Waals surface area contributed by atoms with Crippen LogP contribution in [0.1, 0.15) is 27.4 Å². The number of rotatable bonds is 4. The van der Waals surface area contributed by atoms with Crippen molar-refractivity contribution in [1.29, 1.82) is 0 Å². The Morgan fingerprint density at radius 3 is 2.50 bits per heavy atom. The van der Waals surface area contributed by atoms with E-state index in [2.05, 4.69) is 10.5 Å². The van der Waals surface area contributed by atoms with Crippen LogP contribution < -0.4 is 5.32 Å². The van der Waals surface area contributed by atoms with Crippen LogP contribution in [-0.4, -0.2) is 16.2 Å². The van der Waals surface area contributed by atoms with Gasteiger partial charge in [0.2, 0.25) is 0 Å². The van der Waals surface area contributed by atoms with Crippen LogP contribution in [0.25, 0.3) is 0 Å². The average Bonchev–Trinajstić information content (AvgIpc) is 2.67. The molecule has 94 valence electrons. The van der Waals surface area contributed by atoms with Gasteiger partial charge in [0.1, 0.15) is 11.4 Å². The van der Waals surface area contributed by atoms with Crippen molar-refractivity contribution in [2.45, 2.75) is 20.4 Å². The molecule has 0 unspecified atom stereocenters. The van der Waals surface area contributed by atoms with Gasteiger partial charge >= 0.3 is 5.97 Å². The Morgan fingerprint density at radius 1 is 1.33 bits per heavy atom. The first-order valence-electron chi connectivity index (χ1n) is 5.57. The first-order chi connectivity index (χ1) is 8.58. The van der Waals surface area contributed by atoms with Gasteiger partial charge in [0.25, 0.3) is 0 Å². The van der Waals surface area contributed by atoms with Gasteiger partial charge < -0.3 is 14.9 Å². The topological polar surface area (TPSA) is 75.4 Å². The molecule has 0 saturated heterocycles. The number of hydrogen-bond acceptors (Lipinski definition) is 4. The summed E-state index contributed by atoms with van der Waals surface area (Å²) in [5, 5.41) is 15.9. The minimum absolute atomic E-state index is 0.288. The monoisotopic (exact) mass is 246 g/mol. The molecule has 2 N–H and O–H groups in total. The van der Waals surface area contributed by atoms with Gasteiger partial charge in [-0.15, -0.1) is 0 Å². The number of benzene rings is 1.